The zero-order valence-corrected chi connectivity index (χ0v) is 17.0. The number of anilines is 2. The van der Waals surface area contributed by atoms with Gasteiger partial charge in [-0.3, -0.25) is 9.78 Å². The van der Waals surface area contributed by atoms with Crippen molar-refractivity contribution in [3.63, 3.8) is 0 Å². The minimum atomic E-state index is -3.39. The molecule has 3 aromatic rings. The van der Waals surface area contributed by atoms with Crippen LogP contribution in [-0.4, -0.2) is 60.9 Å². The second-order valence-corrected chi connectivity index (χ2v) is 8.86. The quantitative estimate of drug-likeness (QED) is 0.614. The zero-order valence-electron chi connectivity index (χ0n) is 16.2. The molecule has 156 valence electrons. The van der Waals surface area contributed by atoms with E-state index in [-0.39, 0.29) is 16.4 Å². The molecular formula is C19H20N6O4S. The second kappa shape index (κ2) is 7.84. The van der Waals surface area contributed by atoms with Gasteiger partial charge in [0.15, 0.2) is 15.8 Å². The van der Waals surface area contributed by atoms with Gasteiger partial charge in [0, 0.05) is 31.1 Å². The number of hydrogen-bond donors (Lipinski definition) is 2. The van der Waals surface area contributed by atoms with Crippen LogP contribution in [0.4, 0.5) is 11.9 Å². The largest absolute Gasteiger partial charge is 0.378 e. The lowest BCUT2D eigenvalue weighted by Crippen LogP contribution is -2.37. The van der Waals surface area contributed by atoms with Gasteiger partial charge in [0.1, 0.15) is 0 Å². The first-order chi connectivity index (χ1) is 14.3. The number of hydrogen-bond acceptors (Lipinski definition) is 9. The number of benzene rings is 1. The lowest BCUT2D eigenvalue weighted by molar-refractivity contribution is 0.122. The number of nitrogens with two attached hydrogens (primary N) is 1. The van der Waals surface area contributed by atoms with E-state index in [9.17, 15) is 13.2 Å². The van der Waals surface area contributed by atoms with Crippen LogP contribution in [0.3, 0.4) is 0 Å². The SMILES string of the molecule is CS(=O)(=O)c1cccc(-c2cc(-c3cnc(N)[nH]c3=O)nc(N3CCOCC3)n2)c1. The van der Waals surface area contributed by atoms with Crippen molar-refractivity contribution in [1.82, 2.24) is 19.9 Å². The molecule has 1 aliphatic heterocycles. The summed E-state index contributed by atoms with van der Waals surface area (Å²) in [4.78, 5) is 30.2. The molecule has 0 aliphatic carbocycles. The van der Waals surface area contributed by atoms with Crippen molar-refractivity contribution in [2.45, 2.75) is 4.90 Å². The molecule has 3 N–H and O–H groups in total. The van der Waals surface area contributed by atoms with Gasteiger partial charge in [-0.15, -0.1) is 0 Å². The smallest absolute Gasteiger partial charge is 0.261 e. The fourth-order valence-electron chi connectivity index (χ4n) is 3.10. The Morgan fingerprint density at radius 3 is 2.57 bits per heavy atom. The van der Waals surface area contributed by atoms with Crippen LogP contribution in [0.2, 0.25) is 0 Å². The summed E-state index contributed by atoms with van der Waals surface area (Å²) in [6, 6.07) is 8.12. The highest BCUT2D eigenvalue weighted by atomic mass is 32.2. The molecule has 30 heavy (non-hydrogen) atoms. The third kappa shape index (κ3) is 4.16. The monoisotopic (exact) mass is 428 g/mol. The Morgan fingerprint density at radius 1 is 1.13 bits per heavy atom. The standard InChI is InChI=1S/C19H20N6O4S/c1-30(27,28)13-4-2-3-12(9-13)15-10-16(14-11-21-18(20)24-17(14)26)23-19(22-15)25-5-7-29-8-6-25/h2-4,9-11H,5-8H2,1H3,(H3,20,21,24,26). The predicted octanol–water partition coefficient (Wildman–Crippen LogP) is 0.716. The number of aromatic nitrogens is 4. The molecule has 0 unspecified atom stereocenters. The molecule has 0 spiro atoms. The van der Waals surface area contributed by atoms with Gasteiger partial charge in [-0.2, -0.15) is 0 Å². The minimum absolute atomic E-state index is 0.00675. The van der Waals surface area contributed by atoms with Crippen molar-refractivity contribution >= 4 is 21.7 Å². The van der Waals surface area contributed by atoms with Crippen LogP contribution in [0.25, 0.3) is 22.5 Å². The fraction of sp³-hybridized carbons (Fsp3) is 0.263. The van der Waals surface area contributed by atoms with Crippen LogP contribution in [0.5, 0.6) is 0 Å². The lowest BCUT2D eigenvalue weighted by atomic mass is 10.1. The Labute approximate surface area is 172 Å². The third-order valence-electron chi connectivity index (χ3n) is 4.66. The van der Waals surface area contributed by atoms with Gasteiger partial charge in [-0.25, -0.2) is 23.4 Å². The van der Waals surface area contributed by atoms with Crippen molar-refractivity contribution in [2.75, 3.05) is 43.2 Å². The van der Waals surface area contributed by atoms with E-state index in [4.69, 9.17) is 10.5 Å². The number of sulfone groups is 1. The molecular weight excluding hydrogens is 408 g/mol. The normalized spacial score (nSPS) is 14.6. The Bertz CT molecular complexity index is 1250. The van der Waals surface area contributed by atoms with E-state index in [0.29, 0.717) is 49.2 Å². The van der Waals surface area contributed by atoms with Gasteiger partial charge in [-0.05, 0) is 18.2 Å². The van der Waals surface area contributed by atoms with Crippen molar-refractivity contribution in [3.8, 4) is 22.5 Å². The minimum Gasteiger partial charge on any atom is -0.378 e. The van der Waals surface area contributed by atoms with Gasteiger partial charge in [0.05, 0.1) is 35.1 Å². The van der Waals surface area contributed by atoms with Gasteiger partial charge >= 0.3 is 0 Å². The van der Waals surface area contributed by atoms with E-state index in [1.54, 1.807) is 24.3 Å². The predicted molar refractivity (Wildman–Crippen MR) is 112 cm³/mol. The average Bonchev–Trinajstić information content (AvgIpc) is 2.73. The van der Waals surface area contributed by atoms with Gasteiger partial charge in [0.25, 0.3) is 5.56 Å². The molecule has 0 atom stereocenters. The maximum absolute atomic E-state index is 12.4. The molecule has 3 heterocycles. The number of nitrogens with zero attached hydrogens (tertiary/aromatic N) is 4. The number of nitrogen functional groups attached to an aromatic ring is 1. The van der Waals surface area contributed by atoms with E-state index < -0.39 is 15.4 Å². The van der Waals surface area contributed by atoms with Gasteiger partial charge in [-0.1, -0.05) is 12.1 Å². The van der Waals surface area contributed by atoms with E-state index >= 15 is 0 Å². The fourth-order valence-corrected chi connectivity index (χ4v) is 3.77. The molecule has 1 aliphatic rings. The summed E-state index contributed by atoms with van der Waals surface area (Å²) in [7, 11) is -3.39. The zero-order chi connectivity index (χ0) is 21.3. The molecule has 10 nitrogen and oxygen atoms in total. The molecule has 0 saturated carbocycles. The summed E-state index contributed by atoms with van der Waals surface area (Å²) in [5.41, 5.74) is 6.81. The molecule has 1 fully saturated rings. The molecule has 11 heteroatoms. The van der Waals surface area contributed by atoms with E-state index in [0.717, 1.165) is 6.26 Å². The summed E-state index contributed by atoms with van der Waals surface area (Å²) in [5, 5.41) is 0. The van der Waals surface area contributed by atoms with Crippen LogP contribution in [0.15, 0.2) is 46.2 Å². The van der Waals surface area contributed by atoms with Crippen molar-refractivity contribution < 1.29 is 13.2 Å². The second-order valence-electron chi connectivity index (χ2n) is 6.85. The Kier molecular flexibility index (Phi) is 5.22. The summed E-state index contributed by atoms with van der Waals surface area (Å²) < 4.78 is 29.3. The molecule has 2 aromatic heterocycles. The van der Waals surface area contributed by atoms with Crippen LogP contribution >= 0.6 is 0 Å². The number of rotatable bonds is 4. The number of ether oxygens (including phenoxy) is 1. The summed E-state index contributed by atoms with van der Waals surface area (Å²) in [5.74, 6) is 0.430. The molecule has 0 bridgehead atoms. The van der Waals surface area contributed by atoms with Crippen LogP contribution < -0.4 is 16.2 Å². The highest BCUT2D eigenvalue weighted by Gasteiger charge is 2.19. The molecule has 1 aromatic carbocycles. The molecule has 1 saturated heterocycles. The first-order valence-corrected chi connectivity index (χ1v) is 11.1. The van der Waals surface area contributed by atoms with Gasteiger partial charge in [0.2, 0.25) is 5.95 Å². The number of aromatic amines is 1. The Balaban J connectivity index is 1.89. The summed E-state index contributed by atoms with van der Waals surface area (Å²) in [6.07, 6.45) is 2.51. The van der Waals surface area contributed by atoms with E-state index in [2.05, 4.69) is 19.9 Å². The van der Waals surface area contributed by atoms with Crippen molar-refractivity contribution in [2.24, 2.45) is 0 Å². The van der Waals surface area contributed by atoms with E-state index in [1.165, 1.54) is 12.3 Å². The Morgan fingerprint density at radius 2 is 1.87 bits per heavy atom. The summed E-state index contributed by atoms with van der Waals surface area (Å²) in [6.45, 7) is 2.28. The average molecular weight is 428 g/mol. The molecule has 4 rings (SSSR count). The topological polar surface area (TPSA) is 144 Å². The van der Waals surface area contributed by atoms with Crippen molar-refractivity contribution in [3.05, 3.63) is 46.9 Å². The van der Waals surface area contributed by atoms with Gasteiger partial charge < -0.3 is 15.4 Å². The first-order valence-electron chi connectivity index (χ1n) is 9.19. The lowest BCUT2D eigenvalue weighted by Gasteiger charge is -2.27. The Hall–Kier alpha value is -3.31. The first kappa shape index (κ1) is 20.0. The highest BCUT2D eigenvalue weighted by Crippen LogP contribution is 2.27. The number of morpholine rings is 1. The molecule has 0 amide bonds. The number of H-pyrrole nitrogens is 1. The van der Waals surface area contributed by atoms with Crippen LogP contribution in [0.1, 0.15) is 0 Å². The molecule has 0 radical (unpaired) electrons. The van der Waals surface area contributed by atoms with Crippen molar-refractivity contribution in [1.29, 1.82) is 0 Å². The van der Waals surface area contributed by atoms with Crippen LogP contribution in [-0.2, 0) is 14.6 Å². The van der Waals surface area contributed by atoms with E-state index in [1.807, 2.05) is 4.90 Å². The third-order valence-corrected chi connectivity index (χ3v) is 5.77. The maximum Gasteiger partial charge on any atom is 0.261 e. The maximum atomic E-state index is 12.4. The van der Waals surface area contributed by atoms with Crippen LogP contribution in [0, 0.1) is 0 Å². The highest BCUT2D eigenvalue weighted by molar-refractivity contribution is 7.90. The number of nitrogens with one attached hydrogen (secondary N) is 1. The summed E-state index contributed by atoms with van der Waals surface area (Å²) >= 11 is 0.